The number of para-hydroxylation sites is 3. The maximum Gasteiger partial charge on any atom is 0.174 e. The number of nitrogens with one attached hydrogen (secondary N) is 2. The summed E-state index contributed by atoms with van der Waals surface area (Å²) in [5, 5.41) is 5.00. The van der Waals surface area contributed by atoms with E-state index in [1.165, 1.54) is 11.8 Å². The van der Waals surface area contributed by atoms with Crippen LogP contribution in [0.25, 0.3) is 11.0 Å². The first kappa shape index (κ1) is 14.0. The SMILES string of the molecule is c1ccc(NCc2ccc(Sc3nc4ccccc4[nH]3)o2)cc1. The van der Waals surface area contributed by atoms with Crippen molar-refractivity contribution in [2.45, 2.75) is 16.8 Å². The molecule has 0 fully saturated rings. The molecule has 4 aromatic rings. The summed E-state index contributed by atoms with van der Waals surface area (Å²) < 4.78 is 5.85. The molecule has 2 N–H and O–H groups in total. The van der Waals surface area contributed by atoms with Gasteiger partial charge in [-0.05, 0) is 48.2 Å². The van der Waals surface area contributed by atoms with Crippen molar-refractivity contribution in [1.29, 1.82) is 0 Å². The number of furan rings is 1. The van der Waals surface area contributed by atoms with E-state index in [1.54, 1.807) is 0 Å². The van der Waals surface area contributed by atoms with Crippen LogP contribution in [0.1, 0.15) is 5.76 Å². The second kappa shape index (κ2) is 6.22. The highest BCUT2D eigenvalue weighted by atomic mass is 32.2. The third-order valence-corrected chi connectivity index (χ3v) is 4.25. The quantitative estimate of drug-likeness (QED) is 0.548. The third kappa shape index (κ3) is 3.24. The maximum atomic E-state index is 5.85. The van der Waals surface area contributed by atoms with Gasteiger partial charge in [-0.1, -0.05) is 30.3 Å². The van der Waals surface area contributed by atoms with Crippen molar-refractivity contribution >= 4 is 28.5 Å². The molecule has 2 aromatic carbocycles. The van der Waals surface area contributed by atoms with Gasteiger partial charge in [0.1, 0.15) is 5.76 Å². The van der Waals surface area contributed by atoms with Crippen molar-refractivity contribution < 1.29 is 4.42 Å². The number of hydrogen-bond donors (Lipinski definition) is 2. The number of nitrogens with zero attached hydrogens (tertiary/aromatic N) is 1. The Kier molecular flexibility index (Phi) is 3.78. The molecule has 0 saturated heterocycles. The van der Waals surface area contributed by atoms with Crippen LogP contribution in [0, 0.1) is 0 Å². The lowest BCUT2D eigenvalue weighted by molar-refractivity contribution is 0.437. The van der Waals surface area contributed by atoms with Gasteiger partial charge in [0.05, 0.1) is 17.6 Å². The van der Waals surface area contributed by atoms with E-state index in [2.05, 4.69) is 15.3 Å². The minimum atomic E-state index is 0.657. The topological polar surface area (TPSA) is 53.9 Å². The lowest BCUT2D eigenvalue weighted by Crippen LogP contribution is -1.97. The van der Waals surface area contributed by atoms with E-state index in [-0.39, 0.29) is 0 Å². The smallest absolute Gasteiger partial charge is 0.174 e. The average Bonchev–Trinajstić information content (AvgIpc) is 3.20. The van der Waals surface area contributed by atoms with Gasteiger partial charge in [0, 0.05) is 5.69 Å². The number of benzene rings is 2. The molecule has 0 bridgehead atoms. The Hall–Kier alpha value is -2.66. The molecule has 4 rings (SSSR count). The predicted molar refractivity (Wildman–Crippen MR) is 92.7 cm³/mol. The molecule has 0 spiro atoms. The summed E-state index contributed by atoms with van der Waals surface area (Å²) >= 11 is 1.49. The van der Waals surface area contributed by atoms with Crippen LogP contribution in [0.3, 0.4) is 0 Å². The maximum absolute atomic E-state index is 5.85. The first-order chi connectivity index (χ1) is 11.4. The molecule has 0 saturated carbocycles. The van der Waals surface area contributed by atoms with Crippen molar-refractivity contribution in [1.82, 2.24) is 9.97 Å². The van der Waals surface area contributed by atoms with Crippen LogP contribution in [0.4, 0.5) is 5.69 Å². The zero-order valence-electron chi connectivity index (χ0n) is 12.3. The van der Waals surface area contributed by atoms with Crippen molar-refractivity contribution in [3.63, 3.8) is 0 Å². The Morgan fingerprint density at radius 3 is 2.65 bits per heavy atom. The van der Waals surface area contributed by atoms with Crippen LogP contribution in [0.15, 0.2) is 81.4 Å². The molecule has 5 heteroatoms. The van der Waals surface area contributed by atoms with Gasteiger partial charge < -0.3 is 14.7 Å². The third-order valence-electron chi connectivity index (χ3n) is 3.44. The molecule has 114 valence electrons. The van der Waals surface area contributed by atoms with Gasteiger partial charge in [-0.15, -0.1) is 0 Å². The zero-order chi connectivity index (χ0) is 15.5. The van der Waals surface area contributed by atoms with Gasteiger partial charge in [0.2, 0.25) is 0 Å². The summed E-state index contributed by atoms with van der Waals surface area (Å²) in [4.78, 5) is 7.83. The second-order valence-corrected chi connectivity index (χ2v) is 6.09. The molecule has 0 aliphatic heterocycles. The Bertz CT molecular complexity index is 881. The molecule has 0 aliphatic carbocycles. The number of hydrogen-bond acceptors (Lipinski definition) is 4. The Labute approximate surface area is 137 Å². The fourth-order valence-corrected chi connectivity index (χ4v) is 3.11. The number of aromatic nitrogens is 2. The summed E-state index contributed by atoms with van der Waals surface area (Å²) in [7, 11) is 0. The van der Waals surface area contributed by atoms with Crippen molar-refractivity contribution in [2.24, 2.45) is 0 Å². The van der Waals surface area contributed by atoms with E-state index in [0.717, 1.165) is 32.7 Å². The van der Waals surface area contributed by atoms with Crippen LogP contribution >= 0.6 is 11.8 Å². The number of aromatic amines is 1. The number of rotatable bonds is 5. The predicted octanol–water partition coefficient (Wildman–Crippen LogP) is 4.92. The van der Waals surface area contributed by atoms with Crippen LogP contribution in [0.2, 0.25) is 0 Å². The molecule has 4 nitrogen and oxygen atoms in total. The lowest BCUT2D eigenvalue weighted by atomic mass is 10.3. The average molecular weight is 321 g/mol. The van der Waals surface area contributed by atoms with Gasteiger partial charge in [-0.3, -0.25) is 0 Å². The number of imidazole rings is 1. The van der Waals surface area contributed by atoms with Crippen molar-refractivity contribution in [2.75, 3.05) is 5.32 Å². The van der Waals surface area contributed by atoms with Gasteiger partial charge in [-0.2, -0.15) is 0 Å². The lowest BCUT2D eigenvalue weighted by Gasteiger charge is -2.03. The van der Waals surface area contributed by atoms with Gasteiger partial charge in [-0.25, -0.2) is 4.98 Å². The summed E-state index contributed by atoms with van der Waals surface area (Å²) in [5.74, 6) is 0.896. The number of fused-ring (bicyclic) bond motifs is 1. The van der Waals surface area contributed by atoms with Gasteiger partial charge in [0.15, 0.2) is 10.2 Å². The molecule has 2 heterocycles. The summed E-state index contributed by atoms with van der Waals surface area (Å²) in [6.07, 6.45) is 0. The molecule has 23 heavy (non-hydrogen) atoms. The molecule has 0 atom stereocenters. The highest BCUT2D eigenvalue weighted by molar-refractivity contribution is 7.99. The van der Waals surface area contributed by atoms with Crippen molar-refractivity contribution in [3.8, 4) is 0 Å². The molecule has 0 radical (unpaired) electrons. The van der Waals surface area contributed by atoms with Crippen molar-refractivity contribution in [3.05, 3.63) is 72.5 Å². The molecule has 0 amide bonds. The molecule has 0 unspecified atom stereocenters. The standard InChI is InChI=1S/C18H15N3OS/c1-2-6-13(7-3-1)19-12-14-10-11-17(22-14)23-18-20-15-8-4-5-9-16(15)21-18/h1-11,19H,12H2,(H,20,21). The van der Waals surface area contributed by atoms with Crippen LogP contribution < -0.4 is 5.32 Å². The molecule has 0 aliphatic rings. The molecule has 2 aromatic heterocycles. The van der Waals surface area contributed by atoms with E-state index < -0.39 is 0 Å². The number of anilines is 1. The van der Waals surface area contributed by atoms with Gasteiger partial charge >= 0.3 is 0 Å². The minimum Gasteiger partial charge on any atom is -0.453 e. The molecular formula is C18H15N3OS. The van der Waals surface area contributed by atoms with Crippen LogP contribution in [-0.2, 0) is 6.54 Å². The normalized spacial score (nSPS) is 11.0. The first-order valence-corrected chi connectivity index (χ1v) is 8.19. The minimum absolute atomic E-state index is 0.657. The summed E-state index contributed by atoms with van der Waals surface area (Å²) in [6.45, 7) is 0.657. The molecular weight excluding hydrogens is 306 g/mol. The van der Waals surface area contributed by atoms with Crippen LogP contribution in [0.5, 0.6) is 0 Å². The number of H-pyrrole nitrogens is 1. The highest BCUT2D eigenvalue weighted by Gasteiger charge is 2.08. The second-order valence-electron chi connectivity index (χ2n) is 5.10. The Morgan fingerprint density at radius 1 is 0.957 bits per heavy atom. The zero-order valence-corrected chi connectivity index (χ0v) is 13.1. The monoisotopic (exact) mass is 321 g/mol. The summed E-state index contributed by atoms with van der Waals surface area (Å²) in [6, 6.07) is 22.0. The van der Waals surface area contributed by atoms with Gasteiger partial charge in [0.25, 0.3) is 0 Å². The summed E-state index contributed by atoms with van der Waals surface area (Å²) in [5.41, 5.74) is 3.08. The first-order valence-electron chi connectivity index (χ1n) is 7.37. The fourth-order valence-electron chi connectivity index (χ4n) is 2.33. The van der Waals surface area contributed by atoms with E-state index in [4.69, 9.17) is 4.42 Å². The van der Waals surface area contributed by atoms with E-state index in [0.29, 0.717) is 6.54 Å². The van der Waals surface area contributed by atoms with E-state index in [1.807, 2.05) is 66.7 Å². The Morgan fingerprint density at radius 2 is 1.78 bits per heavy atom. The highest BCUT2D eigenvalue weighted by Crippen LogP contribution is 2.29. The van der Waals surface area contributed by atoms with E-state index >= 15 is 0 Å². The van der Waals surface area contributed by atoms with Crippen LogP contribution in [-0.4, -0.2) is 9.97 Å². The van der Waals surface area contributed by atoms with E-state index in [9.17, 15) is 0 Å². The Balaban J connectivity index is 1.43. The fraction of sp³-hybridized carbons (Fsp3) is 0.0556. The largest absolute Gasteiger partial charge is 0.453 e.